The van der Waals surface area contributed by atoms with Crippen molar-refractivity contribution in [2.45, 2.75) is 26.8 Å². The lowest BCUT2D eigenvalue weighted by Gasteiger charge is -2.15. The molecular formula is C23H24Cl2N4O6. The van der Waals surface area contributed by atoms with Crippen molar-refractivity contribution in [3.05, 3.63) is 68.3 Å². The minimum Gasteiger partial charge on any atom is -0.395 e. The van der Waals surface area contributed by atoms with E-state index < -0.39 is 0 Å². The van der Waals surface area contributed by atoms with Crippen molar-refractivity contribution in [3.8, 4) is 0 Å². The van der Waals surface area contributed by atoms with Crippen LogP contribution in [0.4, 0.5) is 22.7 Å². The van der Waals surface area contributed by atoms with E-state index in [9.17, 15) is 0 Å². The topological polar surface area (TPSA) is 142 Å². The quantitative estimate of drug-likeness (QED) is 0.408. The molecule has 0 bridgehead atoms. The Morgan fingerprint density at radius 3 is 1.66 bits per heavy atom. The molecule has 35 heavy (non-hydrogen) atoms. The number of halogens is 2. The number of anilines is 2. The standard InChI is InChI=1S/C11H13ClN2O.C10H11ClN2O.2CO2/c1-7(6-15)14-9-4-5-10(13-3)11(12)8(9)2;1-7-8(13-5-6-14)3-4-9(12-2)10(7)11;2*2-1-3/h4-5,7,14-15H,6H2,1-2H3;3-4,13-14H,5-6H2,1H3;;/t7-;;;/m0.../s1. The van der Waals surface area contributed by atoms with Crippen LogP contribution in [0, 0.1) is 27.0 Å². The van der Waals surface area contributed by atoms with Crippen LogP contribution in [0.1, 0.15) is 18.1 Å². The van der Waals surface area contributed by atoms with Crippen LogP contribution in [0.5, 0.6) is 0 Å². The van der Waals surface area contributed by atoms with E-state index in [1.54, 1.807) is 24.3 Å². The van der Waals surface area contributed by atoms with Gasteiger partial charge in [-0.15, -0.1) is 0 Å². The van der Waals surface area contributed by atoms with Crippen LogP contribution in [0.15, 0.2) is 24.3 Å². The first kappa shape index (κ1) is 33.5. The van der Waals surface area contributed by atoms with E-state index in [0.717, 1.165) is 22.5 Å². The molecule has 0 aliphatic heterocycles. The van der Waals surface area contributed by atoms with Gasteiger partial charge in [0.1, 0.15) is 0 Å². The second-order valence-electron chi connectivity index (χ2n) is 6.41. The third-order valence-corrected chi connectivity index (χ3v) is 5.03. The van der Waals surface area contributed by atoms with Gasteiger partial charge in [-0.2, -0.15) is 19.2 Å². The van der Waals surface area contributed by atoms with E-state index in [0.29, 0.717) is 28.0 Å². The van der Waals surface area contributed by atoms with Crippen molar-refractivity contribution < 1.29 is 29.4 Å². The maximum Gasteiger partial charge on any atom is 0.373 e. The van der Waals surface area contributed by atoms with Crippen molar-refractivity contribution in [1.82, 2.24) is 0 Å². The number of aliphatic hydroxyl groups excluding tert-OH is 2. The molecule has 2 aromatic carbocycles. The highest BCUT2D eigenvalue weighted by Crippen LogP contribution is 2.34. The fraction of sp³-hybridized carbons (Fsp3) is 0.304. The Morgan fingerprint density at radius 1 is 0.886 bits per heavy atom. The van der Waals surface area contributed by atoms with Crippen LogP contribution >= 0.6 is 23.2 Å². The van der Waals surface area contributed by atoms with Gasteiger partial charge < -0.3 is 20.8 Å². The highest BCUT2D eigenvalue weighted by atomic mass is 35.5. The molecule has 10 nitrogen and oxygen atoms in total. The van der Waals surface area contributed by atoms with Gasteiger partial charge in [-0.05, 0) is 44.0 Å². The van der Waals surface area contributed by atoms with Crippen LogP contribution in [-0.2, 0) is 19.2 Å². The molecule has 0 heterocycles. The number of nitrogens with zero attached hydrogens (tertiary/aromatic N) is 2. The van der Waals surface area contributed by atoms with E-state index in [2.05, 4.69) is 20.3 Å². The minimum atomic E-state index is -0.0291. The van der Waals surface area contributed by atoms with Gasteiger partial charge in [0.05, 0.1) is 36.4 Å². The van der Waals surface area contributed by atoms with Gasteiger partial charge in [0.25, 0.3) is 0 Å². The second-order valence-corrected chi connectivity index (χ2v) is 7.17. The van der Waals surface area contributed by atoms with Crippen LogP contribution in [0.3, 0.4) is 0 Å². The Labute approximate surface area is 213 Å². The molecule has 186 valence electrons. The molecule has 0 amide bonds. The highest BCUT2D eigenvalue weighted by molar-refractivity contribution is 6.34. The first-order valence-electron chi connectivity index (χ1n) is 9.67. The third-order valence-electron chi connectivity index (χ3n) is 4.08. The lowest BCUT2D eigenvalue weighted by Crippen LogP contribution is -2.19. The molecule has 1 atom stereocenters. The lowest BCUT2D eigenvalue weighted by molar-refractivity contribution is -0.193. The SMILES string of the molecule is O=C=O.O=C=O.[C-]#[N+]c1ccc(NCCO)c(C)c1Cl.[C-]#[N+]c1ccc(N[C@@H](C)CO)c(C)c1Cl. The predicted molar refractivity (Wildman–Crippen MR) is 131 cm³/mol. The molecule has 0 unspecified atom stereocenters. The van der Waals surface area contributed by atoms with Gasteiger partial charge in [-0.3, -0.25) is 0 Å². The zero-order valence-corrected chi connectivity index (χ0v) is 20.7. The Hall–Kier alpha value is -3.72. The summed E-state index contributed by atoms with van der Waals surface area (Å²) in [7, 11) is 0. The Kier molecular flexibility index (Phi) is 18.9. The van der Waals surface area contributed by atoms with Crippen molar-refractivity contribution in [1.29, 1.82) is 0 Å². The van der Waals surface area contributed by atoms with Crippen molar-refractivity contribution >= 4 is 58.3 Å². The van der Waals surface area contributed by atoms with Gasteiger partial charge in [-0.25, -0.2) is 9.69 Å². The Balaban J connectivity index is 0. The summed E-state index contributed by atoms with van der Waals surface area (Å²) < 4.78 is 0. The first-order valence-corrected chi connectivity index (χ1v) is 10.4. The van der Waals surface area contributed by atoms with Crippen LogP contribution in [0.2, 0.25) is 10.0 Å². The lowest BCUT2D eigenvalue weighted by atomic mass is 10.1. The maximum atomic E-state index is 8.91. The summed E-state index contributed by atoms with van der Waals surface area (Å²) in [5.74, 6) is 0. The van der Waals surface area contributed by atoms with Gasteiger partial charge >= 0.3 is 12.3 Å². The molecule has 2 aromatic rings. The maximum absolute atomic E-state index is 8.91. The van der Waals surface area contributed by atoms with E-state index in [1.165, 1.54) is 0 Å². The van der Waals surface area contributed by atoms with E-state index >= 15 is 0 Å². The molecule has 2 rings (SSSR count). The molecule has 0 fully saturated rings. The Bertz CT molecular complexity index is 1090. The monoisotopic (exact) mass is 522 g/mol. The molecule has 0 saturated heterocycles. The van der Waals surface area contributed by atoms with Crippen molar-refractivity contribution in [2.75, 3.05) is 30.4 Å². The predicted octanol–water partition coefficient (Wildman–Crippen LogP) is 4.43. The summed E-state index contributed by atoms with van der Waals surface area (Å²) in [6.45, 7) is 20.0. The largest absolute Gasteiger partial charge is 0.395 e. The smallest absolute Gasteiger partial charge is 0.373 e. The summed E-state index contributed by atoms with van der Waals surface area (Å²) in [6.07, 6.45) is 0.500. The summed E-state index contributed by atoms with van der Waals surface area (Å²) in [6, 6.07) is 6.92. The second kappa shape index (κ2) is 19.7. The molecule has 4 N–H and O–H groups in total. The van der Waals surface area contributed by atoms with Crippen LogP contribution in [-0.4, -0.2) is 48.3 Å². The number of carbonyl (C=O) groups excluding carboxylic acids is 4. The third kappa shape index (κ3) is 12.4. The van der Waals surface area contributed by atoms with Crippen molar-refractivity contribution in [3.63, 3.8) is 0 Å². The molecule has 0 spiro atoms. The summed E-state index contributed by atoms with van der Waals surface area (Å²) >= 11 is 12.0. The number of aliphatic hydroxyl groups is 2. The summed E-state index contributed by atoms with van der Waals surface area (Å²) in [4.78, 5) is 39.1. The number of nitrogens with one attached hydrogen (secondary N) is 2. The van der Waals surface area contributed by atoms with E-state index in [1.807, 2.05) is 20.8 Å². The number of hydrogen-bond acceptors (Lipinski definition) is 8. The summed E-state index contributed by atoms with van der Waals surface area (Å²) in [5, 5.41) is 24.6. The fourth-order valence-electron chi connectivity index (χ4n) is 2.36. The molecular weight excluding hydrogens is 499 g/mol. The van der Waals surface area contributed by atoms with E-state index in [4.69, 9.17) is 65.7 Å². The van der Waals surface area contributed by atoms with Gasteiger partial charge in [0.15, 0.2) is 0 Å². The van der Waals surface area contributed by atoms with Gasteiger partial charge in [0.2, 0.25) is 11.4 Å². The van der Waals surface area contributed by atoms with E-state index in [-0.39, 0.29) is 31.6 Å². The minimum absolute atomic E-state index is 0.0291. The van der Waals surface area contributed by atoms with Crippen LogP contribution < -0.4 is 10.6 Å². The van der Waals surface area contributed by atoms with Crippen LogP contribution in [0.25, 0.3) is 9.69 Å². The highest BCUT2D eigenvalue weighted by Gasteiger charge is 2.09. The molecule has 0 radical (unpaired) electrons. The fourth-order valence-corrected chi connectivity index (χ4v) is 2.78. The zero-order chi connectivity index (χ0) is 27.4. The molecule has 12 heteroatoms. The van der Waals surface area contributed by atoms with Gasteiger partial charge in [0, 0.05) is 24.0 Å². The molecule has 0 aliphatic carbocycles. The Morgan fingerprint density at radius 2 is 1.29 bits per heavy atom. The zero-order valence-electron chi connectivity index (χ0n) is 19.2. The average molecular weight is 523 g/mol. The van der Waals surface area contributed by atoms with Gasteiger partial charge in [-0.1, -0.05) is 35.3 Å². The summed E-state index contributed by atoms with van der Waals surface area (Å²) in [5.41, 5.74) is 4.31. The number of benzene rings is 2. The molecule has 0 aromatic heterocycles. The molecule has 0 saturated carbocycles. The average Bonchev–Trinajstić information content (AvgIpc) is 2.84. The molecule has 0 aliphatic rings. The number of rotatable bonds is 6. The normalized spacial score (nSPS) is 9.40. The number of hydrogen-bond donors (Lipinski definition) is 4. The van der Waals surface area contributed by atoms with Crippen molar-refractivity contribution in [2.24, 2.45) is 0 Å². The first-order chi connectivity index (χ1) is 16.6.